The van der Waals surface area contributed by atoms with Crippen molar-refractivity contribution >= 4 is 23.3 Å². The lowest BCUT2D eigenvalue weighted by Gasteiger charge is -2.18. The van der Waals surface area contributed by atoms with E-state index >= 15 is 0 Å². The Morgan fingerprint density at radius 3 is 2.47 bits per heavy atom. The molecule has 0 unspecified atom stereocenters. The summed E-state index contributed by atoms with van der Waals surface area (Å²) >= 11 is 0. The first-order valence-electron chi connectivity index (χ1n) is 10.6. The van der Waals surface area contributed by atoms with Gasteiger partial charge in [0.15, 0.2) is 5.78 Å². The van der Waals surface area contributed by atoms with Crippen molar-refractivity contribution in [3.05, 3.63) is 64.2 Å². The summed E-state index contributed by atoms with van der Waals surface area (Å²) in [5.74, 6) is -0.483. The van der Waals surface area contributed by atoms with Crippen LogP contribution < -0.4 is 5.32 Å². The van der Waals surface area contributed by atoms with Crippen molar-refractivity contribution in [1.82, 2.24) is 4.90 Å². The van der Waals surface area contributed by atoms with Crippen LogP contribution in [0, 0.1) is 13.8 Å². The maximum absolute atomic E-state index is 12.5. The number of hydrogen-bond donors (Lipinski definition) is 1. The Hall–Kier alpha value is -2.95. The van der Waals surface area contributed by atoms with Gasteiger partial charge in [-0.3, -0.25) is 14.4 Å². The third-order valence-corrected chi connectivity index (χ3v) is 5.92. The molecule has 2 amide bonds. The van der Waals surface area contributed by atoms with E-state index < -0.39 is 0 Å². The van der Waals surface area contributed by atoms with Gasteiger partial charge in [0.25, 0.3) is 0 Å². The number of carbonyl (C=O) groups excluding carboxylic acids is 3. The molecule has 0 saturated carbocycles. The van der Waals surface area contributed by atoms with Crippen LogP contribution in [0.4, 0.5) is 5.69 Å². The largest absolute Gasteiger partial charge is 0.336 e. The number of fused-ring (bicyclic) bond motifs is 1. The molecule has 1 N–H and O–H groups in total. The van der Waals surface area contributed by atoms with Gasteiger partial charge < -0.3 is 10.2 Å². The van der Waals surface area contributed by atoms with Crippen LogP contribution >= 0.6 is 0 Å². The number of rotatable bonds is 7. The monoisotopic (exact) mass is 406 g/mol. The molecular weight excluding hydrogens is 376 g/mol. The number of carbonyl (C=O) groups is 3. The van der Waals surface area contributed by atoms with Crippen molar-refractivity contribution < 1.29 is 14.4 Å². The Bertz CT molecular complexity index is 965. The number of anilines is 1. The molecule has 0 aliphatic heterocycles. The van der Waals surface area contributed by atoms with Crippen molar-refractivity contribution in [2.24, 2.45) is 0 Å². The molecule has 1 aliphatic carbocycles. The van der Waals surface area contributed by atoms with E-state index in [1.807, 2.05) is 50.2 Å². The van der Waals surface area contributed by atoms with E-state index in [1.165, 1.54) is 22.4 Å². The molecule has 158 valence electrons. The normalized spacial score (nSPS) is 12.8. The van der Waals surface area contributed by atoms with Crippen LogP contribution in [0.15, 0.2) is 36.4 Å². The van der Waals surface area contributed by atoms with Gasteiger partial charge in [0, 0.05) is 31.1 Å². The highest BCUT2D eigenvalue weighted by Gasteiger charge is 2.17. The molecule has 2 aromatic rings. The van der Waals surface area contributed by atoms with E-state index in [9.17, 15) is 14.4 Å². The summed E-state index contributed by atoms with van der Waals surface area (Å²) in [6.07, 6.45) is 4.73. The summed E-state index contributed by atoms with van der Waals surface area (Å²) in [4.78, 5) is 38.6. The van der Waals surface area contributed by atoms with Crippen LogP contribution in [0.5, 0.6) is 0 Å². The minimum atomic E-state index is -0.249. The zero-order chi connectivity index (χ0) is 21.7. The van der Waals surface area contributed by atoms with Crippen molar-refractivity contribution in [3.8, 4) is 0 Å². The predicted molar refractivity (Wildman–Crippen MR) is 119 cm³/mol. The SMILES string of the molecule is Cc1cccc(NC(=O)CN(C)C(=O)CCC(=O)c2ccc3c(c2)CCCC3)c1C. The van der Waals surface area contributed by atoms with E-state index in [-0.39, 0.29) is 37.0 Å². The van der Waals surface area contributed by atoms with Gasteiger partial charge in [0.2, 0.25) is 11.8 Å². The molecular formula is C25H30N2O3. The lowest BCUT2D eigenvalue weighted by atomic mass is 9.89. The van der Waals surface area contributed by atoms with Crippen LogP contribution in [0.2, 0.25) is 0 Å². The number of hydrogen-bond acceptors (Lipinski definition) is 3. The molecule has 5 heteroatoms. The number of benzene rings is 2. The van der Waals surface area contributed by atoms with E-state index in [0.717, 1.165) is 36.1 Å². The van der Waals surface area contributed by atoms with Crippen LogP contribution in [0.25, 0.3) is 0 Å². The van der Waals surface area contributed by atoms with Crippen molar-refractivity contribution in [2.45, 2.75) is 52.4 Å². The number of nitrogens with one attached hydrogen (secondary N) is 1. The highest BCUT2D eigenvalue weighted by atomic mass is 16.2. The number of amides is 2. The molecule has 0 heterocycles. The standard InChI is InChI=1S/C25H30N2O3/c1-17-7-6-10-22(18(17)2)26-24(29)16-27(3)25(30)14-13-23(28)21-12-11-19-8-4-5-9-20(19)15-21/h6-7,10-12,15H,4-5,8-9,13-14,16H2,1-3H3,(H,26,29). The first kappa shape index (κ1) is 21.8. The zero-order valence-corrected chi connectivity index (χ0v) is 18.1. The number of Topliss-reactive ketones (excluding diaryl/α,β-unsaturated/α-hetero) is 1. The van der Waals surface area contributed by atoms with Gasteiger partial charge in [-0.25, -0.2) is 0 Å². The Labute approximate surface area is 178 Å². The van der Waals surface area contributed by atoms with Crippen molar-refractivity contribution in [3.63, 3.8) is 0 Å². The van der Waals surface area contributed by atoms with E-state index in [0.29, 0.717) is 5.56 Å². The fourth-order valence-electron chi connectivity index (χ4n) is 3.84. The molecule has 0 radical (unpaired) electrons. The molecule has 0 fully saturated rings. The van der Waals surface area contributed by atoms with Gasteiger partial charge >= 0.3 is 0 Å². The van der Waals surface area contributed by atoms with E-state index in [1.54, 1.807) is 7.05 Å². The third-order valence-electron chi connectivity index (χ3n) is 5.92. The quantitative estimate of drug-likeness (QED) is 0.700. The average Bonchev–Trinajstić information content (AvgIpc) is 2.74. The third kappa shape index (κ3) is 5.35. The van der Waals surface area contributed by atoms with Gasteiger partial charge in [-0.05, 0) is 73.9 Å². The molecule has 0 bridgehead atoms. The van der Waals surface area contributed by atoms with Crippen LogP contribution in [-0.2, 0) is 22.4 Å². The Morgan fingerprint density at radius 1 is 0.967 bits per heavy atom. The zero-order valence-electron chi connectivity index (χ0n) is 18.1. The predicted octanol–water partition coefficient (Wildman–Crippen LogP) is 4.24. The molecule has 0 atom stereocenters. The summed E-state index contributed by atoms with van der Waals surface area (Å²) in [6.45, 7) is 3.89. The molecule has 30 heavy (non-hydrogen) atoms. The Balaban J connectivity index is 1.50. The second-order valence-corrected chi connectivity index (χ2v) is 8.16. The molecule has 3 rings (SSSR count). The van der Waals surface area contributed by atoms with Gasteiger partial charge in [-0.1, -0.05) is 24.3 Å². The number of likely N-dealkylation sites (N-methyl/N-ethyl adjacent to an activating group) is 1. The van der Waals surface area contributed by atoms with E-state index in [2.05, 4.69) is 5.32 Å². The molecule has 0 aromatic heterocycles. The minimum absolute atomic E-state index is 0.0232. The van der Waals surface area contributed by atoms with Crippen molar-refractivity contribution in [1.29, 1.82) is 0 Å². The van der Waals surface area contributed by atoms with Crippen LogP contribution in [0.1, 0.15) is 58.3 Å². The Morgan fingerprint density at radius 2 is 1.70 bits per heavy atom. The molecule has 1 aliphatic rings. The summed E-state index contributed by atoms with van der Waals surface area (Å²) in [5, 5.41) is 2.86. The molecule has 0 spiro atoms. The summed E-state index contributed by atoms with van der Waals surface area (Å²) in [6, 6.07) is 11.6. The summed E-state index contributed by atoms with van der Waals surface area (Å²) < 4.78 is 0. The first-order chi connectivity index (χ1) is 14.3. The second kappa shape index (κ2) is 9.70. The van der Waals surface area contributed by atoms with Crippen LogP contribution in [0.3, 0.4) is 0 Å². The maximum Gasteiger partial charge on any atom is 0.243 e. The smallest absolute Gasteiger partial charge is 0.243 e. The lowest BCUT2D eigenvalue weighted by Crippen LogP contribution is -2.35. The minimum Gasteiger partial charge on any atom is -0.336 e. The summed E-state index contributed by atoms with van der Waals surface area (Å²) in [7, 11) is 1.59. The second-order valence-electron chi connectivity index (χ2n) is 8.16. The number of aryl methyl sites for hydroxylation is 3. The fraction of sp³-hybridized carbons (Fsp3) is 0.400. The first-order valence-corrected chi connectivity index (χ1v) is 10.6. The average molecular weight is 407 g/mol. The van der Waals surface area contributed by atoms with Gasteiger partial charge in [-0.2, -0.15) is 0 Å². The fourth-order valence-corrected chi connectivity index (χ4v) is 3.84. The molecule has 0 saturated heterocycles. The van der Waals surface area contributed by atoms with E-state index in [4.69, 9.17) is 0 Å². The van der Waals surface area contributed by atoms with Crippen LogP contribution in [-0.4, -0.2) is 36.1 Å². The highest BCUT2D eigenvalue weighted by molar-refractivity contribution is 5.99. The number of ketones is 1. The highest BCUT2D eigenvalue weighted by Crippen LogP contribution is 2.23. The Kier molecular flexibility index (Phi) is 7.03. The molecule has 5 nitrogen and oxygen atoms in total. The summed E-state index contributed by atoms with van der Waals surface area (Å²) in [5.41, 5.74) is 6.14. The maximum atomic E-state index is 12.5. The van der Waals surface area contributed by atoms with Crippen molar-refractivity contribution in [2.75, 3.05) is 18.9 Å². The van der Waals surface area contributed by atoms with Gasteiger partial charge in [0.1, 0.15) is 0 Å². The topological polar surface area (TPSA) is 66.5 Å². The van der Waals surface area contributed by atoms with Gasteiger partial charge in [0.05, 0.1) is 6.54 Å². The molecule has 2 aromatic carbocycles. The number of nitrogens with zero attached hydrogens (tertiary/aromatic N) is 1. The van der Waals surface area contributed by atoms with Gasteiger partial charge in [-0.15, -0.1) is 0 Å². The lowest BCUT2D eigenvalue weighted by molar-refractivity contribution is -0.133.